The number of hydrogen-bond acceptors (Lipinski definition) is 3. The number of H-pyrrole nitrogens is 1. The number of hydrogen-bond donors (Lipinski definition) is 2. The molecule has 1 aromatic heterocycles. The smallest absolute Gasteiger partial charge is 0.322 e. The first-order valence-corrected chi connectivity index (χ1v) is 6.96. The Morgan fingerprint density at radius 2 is 2.38 bits per heavy atom. The fourth-order valence-corrected chi connectivity index (χ4v) is 2.53. The Balaban J connectivity index is 1.74. The number of urea groups is 1. The van der Waals surface area contributed by atoms with E-state index in [1.165, 1.54) is 0 Å². The van der Waals surface area contributed by atoms with Crippen molar-refractivity contribution in [2.24, 2.45) is 0 Å². The van der Waals surface area contributed by atoms with Gasteiger partial charge in [-0.05, 0) is 18.2 Å². The number of carbonyl (C=O) groups is 1. The number of amides is 2. The van der Waals surface area contributed by atoms with E-state index >= 15 is 0 Å². The standard InChI is InChI=1S/C14H15ClN4O2/c1-21-13-3-2-9(15)6-11(13)18-14(20)19-5-4-10-12(7-19)17-8-16-10/h2-3,6,8H,4-5,7H2,1H3,(H,16,17)(H,18,20). The fraction of sp³-hybridized carbons (Fsp3) is 0.286. The van der Waals surface area contributed by atoms with Crippen LogP contribution < -0.4 is 10.1 Å². The number of methoxy groups -OCH3 is 1. The van der Waals surface area contributed by atoms with Crippen LogP contribution in [0.3, 0.4) is 0 Å². The Labute approximate surface area is 127 Å². The van der Waals surface area contributed by atoms with Crippen molar-refractivity contribution < 1.29 is 9.53 Å². The van der Waals surface area contributed by atoms with E-state index in [4.69, 9.17) is 16.3 Å². The third kappa shape index (κ3) is 2.80. The lowest BCUT2D eigenvalue weighted by molar-refractivity contribution is 0.205. The molecule has 110 valence electrons. The number of nitrogens with one attached hydrogen (secondary N) is 2. The molecule has 1 aromatic carbocycles. The van der Waals surface area contributed by atoms with Gasteiger partial charge >= 0.3 is 6.03 Å². The van der Waals surface area contributed by atoms with Crippen molar-refractivity contribution in [3.05, 3.63) is 40.9 Å². The van der Waals surface area contributed by atoms with E-state index in [9.17, 15) is 4.79 Å². The van der Waals surface area contributed by atoms with Gasteiger partial charge in [0.2, 0.25) is 0 Å². The first kappa shape index (κ1) is 13.8. The Hall–Kier alpha value is -2.21. The lowest BCUT2D eigenvalue weighted by Crippen LogP contribution is -2.39. The van der Waals surface area contributed by atoms with Crippen molar-refractivity contribution in [3.63, 3.8) is 0 Å². The average molecular weight is 307 g/mol. The Kier molecular flexibility index (Phi) is 3.70. The molecular weight excluding hydrogens is 292 g/mol. The molecule has 2 heterocycles. The number of rotatable bonds is 2. The highest BCUT2D eigenvalue weighted by molar-refractivity contribution is 6.31. The quantitative estimate of drug-likeness (QED) is 0.896. The van der Waals surface area contributed by atoms with Crippen LogP contribution in [0.25, 0.3) is 0 Å². The number of ether oxygens (including phenoxy) is 1. The third-order valence-corrected chi connectivity index (χ3v) is 3.70. The van der Waals surface area contributed by atoms with Crippen LogP contribution in [-0.2, 0) is 13.0 Å². The minimum absolute atomic E-state index is 0.184. The molecule has 0 fully saturated rings. The van der Waals surface area contributed by atoms with Crippen LogP contribution in [0.1, 0.15) is 11.4 Å². The summed E-state index contributed by atoms with van der Waals surface area (Å²) in [5.41, 5.74) is 2.57. The van der Waals surface area contributed by atoms with Crippen molar-refractivity contribution in [2.45, 2.75) is 13.0 Å². The van der Waals surface area contributed by atoms with Crippen molar-refractivity contribution >= 4 is 23.3 Å². The summed E-state index contributed by atoms with van der Waals surface area (Å²) in [5, 5.41) is 3.38. The van der Waals surface area contributed by atoms with Crippen LogP contribution in [0, 0.1) is 0 Å². The van der Waals surface area contributed by atoms with E-state index < -0.39 is 0 Å². The maximum Gasteiger partial charge on any atom is 0.322 e. The molecule has 2 aromatic rings. The predicted molar refractivity (Wildman–Crippen MR) is 79.7 cm³/mol. The molecule has 7 heteroatoms. The van der Waals surface area contributed by atoms with E-state index in [2.05, 4.69) is 15.3 Å². The summed E-state index contributed by atoms with van der Waals surface area (Å²) in [7, 11) is 1.55. The average Bonchev–Trinajstić information content (AvgIpc) is 2.94. The van der Waals surface area contributed by atoms with E-state index in [1.54, 1.807) is 36.5 Å². The molecule has 2 N–H and O–H groups in total. The molecule has 6 nitrogen and oxygen atoms in total. The van der Waals surface area contributed by atoms with E-state index in [0.29, 0.717) is 29.5 Å². The van der Waals surface area contributed by atoms with E-state index in [1.807, 2.05) is 0 Å². The molecule has 0 bridgehead atoms. The summed E-state index contributed by atoms with van der Waals surface area (Å²) >= 11 is 5.96. The predicted octanol–water partition coefficient (Wildman–Crippen LogP) is 2.66. The molecule has 3 rings (SSSR count). The second-order valence-electron chi connectivity index (χ2n) is 4.77. The summed E-state index contributed by atoms with van der Waals surface area (Å²) in [6.45, 7) is 1.15. The van der Waals surface area contributed by atoms with Crippen LogP contribution in [0.15, 0.2) is 24.5 Å². The number of aromatic nitrogens is 2. The lowest BCUT2D eigenvalue weighted by Gasteiger charge is -2.26. The van der Waals surface area contributed by atoms with Crippen molar-refractivity contribution in [1.29, 1.82) is 0 Å². The topological polar surface area (TPSA) is 70.2 Å². The number of fused-ring (bicyclic) bond motifs is 1. The zero-order valence-electron chi connectivity index (χ0n) is 11.5. The van der Waals surface area contributed by atoms with Gasteiger partial charge in [-0.15, -0.1) is 0 Å². The number of halogens is 1. The number of benzene rings is 1. The molecule has 0 unspecified atom stereocenters. The number of anilines is 1. The fourth-order valence-electron chi connectivity index (χ4n) is 2.36. The Bertz CT molecular complexity index is 671. The molecule has 1 aliphatic heterocycles. The van der Waals surface area contributed by atoms with Crippen LogP contribution in [-0.4, -0.2) is 34.6 Å². The number of carbonyl (C=O) groups excluding carboxylic acids is 1. The molecule has 1 aliphatic rings. The number of aromatic amines is 1. The van der Waals surface area contributed by atoms with Crippen LogP contribution in [0.5, 0.6) is 5.75 Å². The van der Waals surface area contributed by atoms with Crippen LogP contribution in [0.2, 0.25) is 5.02 Å². The second-order valence-corrected chi connectivity index (χ2v) is 5.21. The lowest BCUT2D eigenvalue weighted by atomic mass is 10.1. The SMILES string of the molecule is COc1ccc(Cl)cc1NC(=O)N1CCc2nc[nH]c2C1. The van der Waals surface area contributed by atoms with Gasteiger partial charge in [0.1, 0.15) is 5.75 Å². The van der Waals surface area contributed by atoms with Gasteiger partial charge in [0.05, 0.1) is 37.1 Å². The highest BCUT2D eigenvalue weighted by atomic mass is 35.5. The molecule has 0 atom stereocenters. The maximum atomic E-state index is 12.4. The normalized spacial score (nSPS) is 13.7. The van der Waals surface area contributed by atoms with Crippen LogP contribution >= 0.6 is 11.6 Å². The van der Waals surface area contributed by atoms with Crippen LogP contribution in [0.4, 0.5) is 10.5 Å². The largest absolute Gasteiger partial charge is 0.495 e. The van der Waals surface area contributed by atoms with E-state index in [0.717, 1.165) is 17.8 Å². The van der Waals surface area contributed by atoms with Gasteiger partial charge in [-0.2, -0.15) is 0 Å². The summed E-state index contributed by atoms with van der Waals surface area (Å²) in [6, 6.07) is 4.93. The van der Waals surface area contributed by atoms with Crippen molar-refractivity contribution in [1.82, 2.24) is 14.9 Å². The molecule has 0 aliphatic carbocycles. The monoisotopic (exact) mass is 306 g/mol. The van der Waals surface area contributed by atoms with Crippen molar-refractivity contribution in [3.8, 4) is 5.75 Å². The van der Waals surface area contributed by atoms with Gasteiger partial charge in [0, 0.05) is 18.0 Å². The van der Waals surface area contributed by atoms with Gasteiger partial charge in [-0.3, -0.25) is 0 Å². The van der Waals surface area contributed by atoms with Crippen molar-refractivity contribution in [2.75, 3.05) is 19.0 Å². The van der Waals surface area contributed by atoms with Gasteiger partial charge in [-0.1, -0.05) is 11.6 Å². The summed E-state index contributed by atoms with van der Waals surface area (Å²) in [6.07, 6.45) is 2.41. The Morgan fingerprint density at radius 3 is 3.19 bits per heavy atom. The summed E-state index contributed by atoms with van der Waals surface area (Å²) < 4.78 is 5.22. The first-order valence-electron chi connectivity index (χ1n) is 6.58. The Morgan fingerprint density at radius 1 is 1.52 bits per heavy atom. The van der Waals surface area contributed by atoms with Gasteiger partial charge < -0.3 is 19.9 Å². The number of nitrogens with zero attached hydrogens (tertiary/aromatic N) is 2. The second kappa shape index (κ2) is 5.65. The molecular formula is C14H15ClN4O2. The third-order valence-electron chi connectivity index (χ3n) is 3.47. The number of imidazole rings is 1. The van der Waals surface area contributed by atoms with E-state index in [-0.39, 0.29) is 6.03 Å². The van der Waals surface area contributed by atoms with Gasteiger partial charge in [0.15, 0.2) is 0 Å². The molecule has 0 radical (unpaired) electrons. The minimum Gasteiger partial charge on any atom is -0.495 e. The maximum absolute atomic E-state index is 12.4. The van der Waals surface area contributed by atoms with Gasteiger partial charge in [0.25, 0.3) is 0 Å². The molecule has 0 spiro atoms. The summed E-state index contributed by atoms with van der Waals surface area (Å²) in [5.74, 6) is 0.576. The highest BCUT2D eigenvalue weighted by Gasteiger charge is 2.23. The molecule has 21 heavy (non-hydrogen) atoms. The highest BCUT2D eigenvalue weighted by Crippen LogP contribution is 2.28. The molecule has 2 amide bonds. The zero-order chi connectivity index (χ0) is 14.8. The molecule has 0 saturated carbocycles. The minimum atomic E-state index is -0.184. The first-order chi connectivity index (χ1) is 10.2. The molecule has 0 saturated heterocycles. The summed E-state index contributed by atoms with van der Waals surface area (Å²) in [4.78, 5) is 21.4. The zero-order valence-corrected chi connectivity index (χ0v) is 12.3. The van der Waals surface area contributed by atoms with Gasteiger partial charge in [-0.25, -0.2) is 9.78 Å².